The van der Waals surface area contributed by atoms with E-state index in [4.69, 9.17) is 4.74 Å². The number of thiazole rings is 1. The number of carbonyl (C=O) groups is 3. The highest BCUT2D eigenvalue weighted by Crippen LogP contribution is 2.28. The van der Waals surface area contributed by atoms with Crippen LogP contribution in [0.3, 0.4) is 0 Å². The van der Waals surface area contributed by atoms with Gasteiger partial charge in [-0.2, -0.15) is 5.10 Å². The first-order valence-corrected chi connectivity index (χ1v) is 14.4. The van der Waals surface area contributed by atoms with Crippen molar-refractivity contribution in [3.05, 3.63) is 77.3 Å². The summed E-state index contributed by atoms with van der Waals surface area (Å²) in [4.78, 5) is 42.1. The van der Waals surface area contributed by atoms with E-state index in [9.17, 15) is 14.4 Å². The molecule has 0 saturated carbocycles. The molecule has 0 aliphatic heterocycles. The van der Waals surface area contributed by atoms with Crippen molar-refractivity contribution >= 4 is 34.4 Å². The number of aryl methyl sites for hydroxylation is 1. The Morgan fingerprint density at radius 3 is 2.33 bits per heavy atom. The summed E-state index contributed by atoms with van der Waals surface area (Å²) in [6.07, 6.45) is 1.39. The molecule has 0 spiro atoms. The fraction of sp³-hybridized carbons (Fsp3) is 0.323. The third kappa shape index (κ3) is 8.26. The number of rotatable bonds is 9. The smallest absolute Gasteiger partial charge is 0.407 e. The minimum Gasteiger partial charge on any atom is -0.444 e. The summed E-state index contributed by atoms with van der Waals surface area (Å²) < 4.78 is 7.07. The van der Waals surface area contributed by atoms with Gasteiger partial charge in [0.05, 0.1) is 17.9 Å². The minimum atomic E-state index is -0.590. The quantitative estimate of drug-likeness (QED) is 0.241. The number of nitrogens with one attached hydrogen (secondary N) is 3. The van der Waals surface area contributed by atoms with Crippen LogP contribution < -0.4 is 16.0 Å². The number of hydrogen-bond acceptors (Lipinski definition) is 7. The number of anilines is 1. The zero-order valence-electron chi connectivity index (χ0n) is 24.6. The van der Waals surface area contributed by atoms with Gasteiger partial charge in [0.25, 0.3) is 5.91 Å². The normalized spacial score (nSPS) is 11.6. The summed E-state index contributed by atoms with van der Waals surface area (Å²) in [5.41, 5.74) is 3.70. The molecular formula is C31H36N6O4S. The number of aromatic nitrogens is 3. The van der Waals surface area contributed by atoms with Gasteiger partial charge in [0, 0.05) is 47.3 Å². The Labute approximate surface area is 249 Å². The van der Waals surface area contributed by atoms with Gasteiger partial charge in [0.15, 0.2) is 5.13 Å². The van der Waals surface area contributed by atoms with E-state index in [1.54, 1.807) is 43.7 Å². The van der Waals surface area contributed by atoms with Crippen LogP contribution in [0.4, 0.5) is 9.93 Å². The molecule has 10 nitrogen and oxygen atoms in total. The molecule has 0 unspecified atom stereocenters. The van der Waals surface area contributed by atoms with Crippen molar-refractivity contribution in [2.24, 2.45) is 7.05 Å². The molecule has 42 heavy (non-hydrogen) atoms. The lowest BCUT2D eigenvalue weighted by atomic mass is 9.84. The molecule has 0 bridgehead atoms. The maximum atomic E-state index is 12.8. The van der Waals surface area contributed by atoms with Crippen LogP contribution in [0.15, 0.2) is 66.2 Å². The summed E-state index contributed by atoms with van der Waals surface area (Å²) in [6, 6.07) is 17.0. The van der Waals surface area contributed by atoms with Crippen LogP contribution in [0.1, 0.15) is 50.5 Å². The van der Waals surface area contributed by atoms with Crippen LogP contribution in [0.5, 0.6) is 0 Å². The number of amides is 3. The highest BCUT2D eigenvalue weighted by molar-refractivity contribution is 7.14. The number of carbonyl (C=O) groups excluding carboxylic acids is 3. The van der Waals surface area contributed by atoms with Gasteiger partial charge >= 0.3 is 6.09 Å². The van der Waals surface area contributed by atoms with Crippen LogP contribution in [-0.4, -0.2) is 51.4 Å². The fourth-order valence-electron chi connectivity index (χ4n) is 4.09. The Hall–Kier alpha value is -4.51. The summed E-state index contributed by atoms with van der Waals surface area (Å²) in [5, 5.41) is 15.0. The van der Waals surface area contributed by atoms with Crippen LogP contribution >= 0.6 is 11.3 Å². The monoisotopic (exact) mass is 588 g/mol. The Balaban J connectivity index is 1.31. The molecule has 2 aromatic carbocycles. The molecule has 4 aromatic rings. The molecule has 11 heteroatoms. The van der Waals surface area contributed by atoms with Crippen molar-refractivity contribution < 1.29 is 19.1 Å². The maximum Gasteiger partial charge on any atom is 0.407 e. The Morgan fingerprint density at radius 1 is 0.929 bits per heavy atom. The van der Waals surface area contributed by atoms with Crippen molar-refractivity contribution in [3.8, 4) is 22.5 Å². The van der Waals surface area contributed by atoms with Gasteiger partial charge in [-0.1, -0.05) is 44.2 Å². The topological polar surface area (TPSA) is 127 Å². The summed E-state index contributed by atoms with van der Waals surface area (Å²) in [5.74, 6) is -0.765. The molecule has 3 amide bonds. The summed E-state index contributed by atoms with van der Waals surface area (Å²) >= 11 is 1.31. The van der Waals surface area contributed by atoms with E-state index in [2.05, 4.69) is 26.0 Å². The molecule has 0 saturated heterocycles. The number of nitrogens with zero attached hydrogens (tertiary/aromatic N) is 3. The lowest BCUT2D eigenvalue weighted by Gasteiger charge is -2.27. The Bertz CT molecular complexity index is 1580. The molecule has 0 aliphatic rings. The molecule has 0 fully saturated rings. The second kappa shape index (κ2) is 12.6. The molecule has 2 heterocycles. The van der Waals surface area contributed by atoms with E-state index in [0.717, 1.165) is 28.1 Å². The molecule has 4 rings (SSSR count). The van der Waals surface area contributed by atoms with Gasteiger partial charge in [-0.05, 0) is 50.6 Å². The third-order valence-corrected chi connectivity index (χ3v) is 7.07. The van der Waals surface area contributed by atoms with E-state index in [1.807, 2.05) is 68.9 Å². The van der Waals surface area contributed by atoms with E-state index in [0.29, 0.717) is 17.2 Å². The first-order chi connectivity index (χ1) is 19.8. The van der Waals surface area contributed by atoms with E-state index in [-0.39, 0.29) is 18.4 Å². The number of hydrogen-bond donors (Lipinski definition) is 3. The maximum absolute atomic E-state index is 12.8. The molecule has 0 radical (unpaired) electrons. The van der Waals surface area contributed by atoms with Crippen molar-refractivity contribution in [3.63, 3.8) is 0 Å². The first kappa shape index (κ1) is 30.4. The van der Waals surface area contributed by atoms with Crippen molar-refractivity contribution in [1.82, 2.24) is 25.4 Å². The zero-order chi connectivity index (χ0) is 30.5. The van der Waals surface area contributed by atoms with Crippen molar-refractivity contribution in [2.75, 3.05) is 18.4 Å². The molecular weight excluding hydrogens is 552 g/mol. The molecule has 2 aromatic heterocycles. The van der Waals surface area contributed by atoms with Gasteiger partial charge in [0.1, 0.15) is 5.60 Å². The average molecular weight is 589 g/mol. The van der Waals surface area contributed by atoms with Gasteiger partial charge in [-0.3, -0.25) is 14.3 Å². The highest BCUT2D eigenvalue weighted by Gasteiger charge is 2.24. The third-order valence-electron chi connectivity index (χ3n) is 6.31. The number of alkyl carbamates (subject to hydrolysis) is 1. The zero-order valence-corrected chi connectivity index (χ0v) is 25.5. The largest absolute Gasteiger partial charge is 0.444 e. The Kier molecular flexibility index (Phi) is 9.11. The molecule has 3 N–H and O–H groups in total. The number of ether oxygens (including phenoxy) is 1. The highest BCUT2D eigenvalue weighted by atomic mass is 32.1. The first-order valence-electron chi connectivity index (χ1n) is 13.5. The molecule has 0 atom stereocenters. The van der Waals surface area contributed by atoms with Crippen LogP contribution in [0, 0.1) is 0 Å². The average Bonchev–Trinajstić information content (AvgIpc) is 3.59. The van der Waals surface area contributed by atoms with Gasteiger partial charge in [-0.25, -0.2) is 9.78 Å². The standard InChI is InChI=1S/C31H36N6O4S/c1-30(2,3)41-29(40)33-19-31(4,5)23-12-8-11-22(16-23)27(39)32-17-26(38)35-28-34-25(18-42-28)21-10-7-9-20(15-21)24-13-14-37(6)36-24/h7-16,18H,17,19H2,1-6H3,(H,32,39)(H,33,40)(H,34,35,38). The number of benzene rings is 2. The van der Waals surface area contributed by atoms with Gasteiger partial charge < -0.3 is 20.7 Å². The predicted octanol–water partition coefficient (Wildman–Crippen LogP) is 5.38. The second-order valence-corrected chi connectivity index (χ2v) is 12.4. The predicted molar refractivity (Wildman–Crippen MR) is 164 cm³/mol. The molecule has 0 aliphatic carbocycles. The summed E-state index contributed by atoms with van der Waals surface area (Å²) in [6.45, 7) is 9.45. The lowest BCUT2D eigenvalue weighted by Crippen LogP contribution is -2.40. The van der Waals surface area contributed by atoms with E-state index >= 15 is 0 Å². The summed E-state index contributed by atoms with van der Waals surface area (Å²) in [7, 11) is 1.87. The van der Waals surface area contributed by atoms with Crippen LogP contribution in [0.2, 0.25) is 0 Å². The van der Waals surface area contributed by atoms with Crippen molar-refractivity contribution in [1.29, 1.82) is 0 Å². The lowest BCUT2D eigenvalue weighted by molar-refractivity contribution is -0.115. The van der Waals surface area contributed by atoms with Crippen molar-refractivity contribution in [2.45, 2.75) is 45.6 Å². The van der Waals surface area contributed by atoms with E-state index < -0.39 is 17.1 Å². The van der Waals surface area contributed by atoms with E-state index in [1.165, 1.54) is 11.3 Å². The molecule has 220 valence electrons. The second-order valence-electron chi connectivity index (χ2n) is 11.5. The Morgan fingerprint density at radius 2 is 1.64 bits per heavy atom. The SMILES string of the molecule is Cn1ccc(-c2cccc(-c3csc(NC(=O)CNC(=O)c4cccc(C(C)(C)CNC(=O)OC(C)(C)C)c4)n3)c2)n1. The van der Waals surface area contributed by atoms with Crippen LogP contribution in [0.25, 0.3) is 22.5 Å². The van der Waals surface area contributed by atoms with Gasteiger partial charge in [-0.15, -0.1) is 11.3 Å². The van der Waals surface area contributed by atoms with Crippen LogP contribution in [-0.2, 0) is 22.0 Å². The fourth-order valence-corrected chi connectivity index (χ4v) is 4.82. The minimum absolute atomic E-state index is 0.212. The van der Waals surface area contributed by atoms with Gasteiger partial charge in [0.2, 0.25) is 5.91 Å².